The van der Waals surface area contributed by atoms with Crippen LogP contribution in [0.3, 0.4) is 0 Å². The molecule has 6 heteroatoms. The minimum atomic E-state index is -0.345. The van der Waals surface area contributed by atoms with E-state index >= 15 is 0 Å². The molecule has 0 atom stereocenters. The van der Waals surface area contributed by atoms with Crippen LogP contribution in [0.4, 0.5) is 0 Å². The van der Waals surface area contributed by atoms with Gasteiger partial charge in [0.25, 0.3) is 5.91 Å². The van der Waals surface area contributed by atoms with Gasteiger partial charge in [0.05, 0.1) is 16.8 Å². The summed E-state index contributed by atoms with van der Waals surface area (Å²) in [5, 5.41) is 0. The minimum Gasteiger partial charge on any atom is -0.465 e. The third-order valence-corrected chi connectivity index (χ3v) is 5.61. The van der Waals surface area contributed by atoms with Gasteiger partial charge in [-0.3, -0.25) is 9.59 Å². The third kappa shape index (κ3) is 4.22. The molecule has 0 aliphatic rings. The predicted octanol–water partition coefficient (Wildman–Crippen LogP) is 4.19. The van der Waals surface area contributed by atoms with E-state index in [1.54, 1.807) is 11.5 Å². The number of rotatable bonds is 5. The van der Waals surface area contributed by atoms with Gasteiger partial charge in [0, 0.05) is 5.56 Å². The van der Waals surface area contributed by atoms with Gasteiger partial charge in [-0.05, 0) is 56.5 Å². The Morgan fingerprint density at radius 2 is 1.89 bits per heavy atom. The second-order valence-electron chi connectivity index (χ2n) is 6.67. The number of nitrogens with zero attached hydrogens (tertiary/aromatic N) is 2. The number of fused-ring (bicyclic) bond motifs is 1. The van der Waals surface area contributed by atoms with E-state index in [1.165, 1.54) is 16.9 Å². The van der Waals surface area contributed by atoms with Crippen molar-refractivity contribution in [2.24, 2.45) is 4.99 Å². The molecule has 3 rings (SSSR count). The first kappa shape index (κ1) is 20.0. The predicted molar refractivity (Wildman–Crippen MR) is 112 cm³/mol. The van der Waals surface area contributed by atoms with Crippen LogP contribution in [0.15, 0.2) is 41.4 Å². The van der Waals surface area contributed by atoms with E-state index in [9.17, 15) is 9.59 Å². The Balaban J connectivity index is 2.14. The number of aromatic nitrogens is 1. The van der Waals surface area contributed by atoms with Crippen LogP contribution in [0.2, 0.25) is 0 Å². The van der Waals surface area contributed by atoms with Crippen LogP contribution in [-0.2, 0) is 22.5 Å². The lowest BCUT2D eigenvalue weighted by Crippen LogP contribution is -2.23. The standard InChI is InChI=1S/C22H24N2O3S/c1-5-16-9-10-18-19(12-16)28-22(24(18)13-20(25)27-6-2)23-21(26)17-11-14(3)7-8-15(17)4/h7-12H,5-6,13H2,1-4H3. The summed E-state index contributed by atoms with van der Waals surface area (Å²) < 4.78 is 7.87. The molecule has 0 spiro atoms. The number of carbonyl (C=O) groups excluding carboxylic acids is 2. The Labute approximate surface area is 168 Å². The maximum atomic E-state index is 12.9. The molecule has 1 aromatic heterocycles. The number of hydrogen-bond acceptors (Lipinski definition) is 4. The summed E-state index contributed by atoms with van der Waals surface area (Å²) in [6.45, 7) is 8.05. The fraction of sp³-hybridized carbons (Fsp3) is 0.318. The van der Waals surface area contributed by atoms with Gasteiger partial charge >= 0.3 is 5.97 Å². The van der Waals surface area contributed by atoms with Crippen molar-refractivity contribution in [3.8, 4) is 0 Å². The summed E-state index contributed by atoms with van der Waals surface area (Å²) in [6.07, 6.45) is 0.916. The van der Waals surface area contributed by atoms with Crippen molar-refractivity contribution < 1.29 is 14.3 Å². The molecule has 0 aliphatic heterocycles. The maximum Gasteiger partial charge on any atom is 0.326 e. The van der Waals surface area contributed by atoms with Crippen molar-refractivity contribution in [3.63, 3.8) is 0 Å². The zero-order valence-corrected chi connectivity index (χ0v) is 17.4. The van der Waals surface area contributed by atoms with Gasteiger partial charge in [-0.1, -0.05) is 42.0 Å². The number of aryl methyl sites for hydroxylation is 3. The van der Waals surface area contributed by atoms with Crippen LogP contribution in [0.1, 0.15) is 40.9 Å². The zero-order chi connectivity index (χ0) is 20.3. The third-order valence-electron chi connectivity index (χ3n) is 4.57. The average molecular weight is 397 g/mol. The molecule has 0 fully saturated rings. The molecule has 0 radical (unpaired) electrons. The highest BCUT2D eigenvalue weighted by Gasteiger charge is 2.14. The highest BCUT2D eigenvalue weighted by atomic mass is 32.1. The summed E-state index contributed by atoms with van der Waals surface area (Å²) in [5.41, 5.74) is 4.54. The molecule has 0 unspecified atom stereocenters. The maximum absolute atomic E-state index is 12.9. The van der Waals surface area contributed by atoms with Gasteiger partial charge in [0.15, 0.2) is 4.80 Å². The Morgan fingerprint density at radius 3 is 2.61 bits per heavy atom. The fourth-order valence-corrected chi connectivity index (χ4v) is 4.12. The molecule has 2 aromatic carbocycles. The molecule has 146 valence electrons. The molecule has 1 heterocycles. The first-order valence-corrected chi connectivity index (χ1v) is 10.2. The summed E-state index contributed by atoms with van der Waals surface area (Å²) in [4.78, 5) is 29.9. The lowest BCUT2D eigenvalue weighted by molar-refractivity contribution is -0.143. The number of carbonyl (C=O) groups is 2. The fourth-order valence-electron chi connectivity index (χ4n) is 3.02. The van der Waals surface area contributed by atoms with E-state index in [0.717, 1.165) is 27.8 Å². The van der Waals surface area contributed by atoms with Crippen LogP contribution >= 0.6 is 11.3 Å². The van der Waals surface area contributed by atoms with Crippen LogP contribution in [0.25, 0.3) is 10.2 Å². The van der Waals surface area contributed by atoms with Gasteiger partial charge in [-0.15, -0.1) is 0 Å². The molecule has 5 nitrogen and oxygen atoms in total. The molecule has 0 N–H and O–H groups in total. The highest BCUT2D eigenvalue weighted by molar-refractivity contribution is 7.16. The summed E-state index contributed by atoms with van der Waals surface area (Å²) in [5.74, 6) is -0.650. The largest absolute Gasteiger partial charge is 0.465 e. The summed E-state index contributed by atoms with van der Waals surface area (Å²) in [7, 11) is 0. The van der Waals surface area contributed by atoms with Crippen LogP contribution in [0.5, 0.6) is 0 Å². The van der Waals surface area contributed by atoms with Crippen LogP contribution < -0.4 is 4.80 Å². The lowest BCUT2D eigenvalue weighted by Gasteiger charge is -2.06. The minimum absolute atomic E-state index is 0.0260. The molecular weight excluding hydrogens is 372 g/mol. The molecule has 0 bridgehead atoms. The van der Waals surface area contributed by atoms with Crippen molar-refractivity contribution >= 4 is 33.4 Å². The summed E-state index contributed by atoms with van der Waals surface area (Å²) in [6, 6.07) is 11.8. The second kappa shape index (κ2) is 8.52. The topological polar surface area (TPSA) is 60.7 Å². The molecule has 3 aromatic rings. The number of hydrogen-bond donors (Lipinski definition) is 0. The van der Waals surface area contributed by atoms with Gasteiger partial charge in [-0.25, -0.2) is 0 Å². The highest BCUT2D eigenvalue weighted by Crippen LogP contribution is 2.20. The van der Waals surface area contributed by atoms with Gasteiger partial charge < -0.3 is 9.30 Å². The first-order chi connectivity index (χ1) is 13.4. The zero-order valence-electron chi connectivity index (χ0n) is 16.6. The number of benzene rings is 2. The van der Waals surface area contributed by atoms with E-state index in [2.05, 4.69) is 18.0 Å². The number of esters is 1. The van der Waals surface area contributed by atoms with Crippen molar-refractivity contribution in [1.29, 1.82) is 0 Å². The van der Waals surface area contributed by atoms with Crippen molar-refractivity contribution in [2.45, 2.75) is 40.7 Å². The van der Waals surface area contributed by atoms with Gasteiger partial charge in [0.2, 0.25) is 0 Å². The molecule has 0 aliphatic carbocycles. The smallest absolute Gasteiger partial charge is 0.326 e. The molecule has 0 saturated heterocycles. The Morgan fingerprint density at radius 1 is 1.11 bits per heavy atom. The molecule has 28 heavy (non-hydrogen) atoms. The van der Waals surface area contributed by atoms with E-state index in [1.807, 2.05) is 44.2 Å². The van der Waals surface area contributed by atoms with Crippen molar-refractivity contribution in [1.82, 2.24) is 4.57 Å². The molecule has 0 saturated carbocycles. The second-order valence-corrected chi connectivity index (χ2v) is 7.68. The van der Waals surface area contributed by atoms with Gasteiger partial charge in [0.1, 0.15) is 6.54 Å². The normalized spacial score (nSPS) is 11.8. The van der Waals surface area contributed by atoms with E-state index in [-0.39, 0.29) is 18.4 Å². The van der Waals surface area contributed by atoms with Crippen molar-refractivity contribution in [3.05, 3.63) is 63.5 Å². The van der Waals surface area contributed by atoms with Crippen LogP contribution in [-0.4, -0.2) is 23.1 Å². The quantitative estimate of drug-likeness (QED) is 0.608. The van der Waals surface area contributed by atoms with Gasteiger partial charge in [-0.2, -0.15) is 4.99 Å². The number of thiazole rings is 1. The number of ether oxygens (including phenoxy) is 1. The number of amides is 1. The monoisotopic (exact) mass is 396 g/mol. The van der Waals surface area contributed by atoms with Crippen LogP contribution in [0, 0.1) is 13.8 Å². The van der Waals surface area contributed by atoms with E-state index in [0.29, 0.717) is 17.0 Å². The SMILES string of the molecule is CCOC(=O)Cn1c(=NC(=O)c2cc(C)ccc2C)sc2cc(CC)ccc21. The Bertz CT molecular complexity index is 1110. The Hall–Kier alpha value is -2.73. The van der Waals surface area contributed by atoms with Crippen molar-refractivity contribution in [2.75, 3.05) is 6.61 Å². The Kier molecular flexibility index (Phi) is 6.09. The van der Waals surface area contributed by atoms with E-state index in [4.69, 9.17) is 4.74 Å². The first-order valence-electron chi connectivity index (χ1n) is 9.37. The lowest BCUT2D eigenvalue weighted by atomic mass is 10.1. The average Bonchev–Trinajstić information content (AvgIpc) is 2.99. The summed E-state index contributed by atoms with van der Waals surface area (Å²) >= 11 is 1.41. The molecular formula is C22H24N2O3S. The van der Waals surface area contributed by atoms with E-state index < -0.39 is 0 Å². The molecule has 1 amide bonds.